The summed E-state index contributed by atoms with van der Waals surface area (Å²) in [5, 5.41) is 2.54. The first kappa shape index (κ1) is 17.4. The van der Waals surface area contributed by atoms with Gasteiger partial charge in [0, 0.05) is 31.7 Å². The zero-order valence-corrected chi connectivity index (χ0v) is 14.9. The third-order valence-electron chi connectivity index (χ3n) is 4.94. The minimum absolute atomic E-state index is 0.0618. The largest absolute Gasteiger partial charge is 0.355 e. The van der Waals surface area contributed by atoms with Crippen LogP contribution in [0.1, 0.15) is 36.0 Å². The topological polar surface area (TPSA) is 69.7 Å². The van der Waals surface area contributed by atoms with Gasteiger partial charge >= 0.3 is 0 Å². The molecule has 1 aromatic rings. The normalized spacial score (nSPS) is 22.8. The Kier molecular flexibility index (Phi) is 5.22. The quantitative estimate of drug-likeness (QED) is 0.868. The molecular formula is C17H25N3O3S. The summed E-state index contributed by atoms with van der Waals surface area (Å²) in [6, 6.07) is 6.26. The van der Waals surface area contributed by atoms with Crippen molar-refractivity contribution in [1.82, 2.24) is 14.5 Å². The Bertz CT molecular complexity index is 682. The second-order valence-electron chi connectivity index (χ2n) is 6.52. The molecule has 132 valence electrons. The van der Waals surface area contributed by atoms with Crippen molar-refractivity contribution in [3.8, 4) is 0 Å². The first-order valence-electron chi connectivity index (χ1n) is 8.59. The van der Waals surface area contributed by atoms with Crippen LogP contribution in [0.3, 0.4) is 0 Å². The number of carbonyl (C=O) groups excluding carboxylic acids is 1. The van der Waals surface area contributed by atoms with Crippen LogP contribution in [0.5, 0.6) is 0 Å². The molecule has 1 amide bonds. The molecule has 2 aliphatic rings. The smallest absolute Gasteiger partial charge is 0.251 e. The molecule has 1 N–H and O–H groups in total. The summed E-state index contributed by atoms with van der Waals surface area (Å²) in [7, 11) is -1.95. The molecule has 2 fully saturated rings. The highest BCUT2D eigenvalue weighted by atomic mass is 32.2. The third-order valence-corrected chi connectivity index (χ3v) is 6.91. The predicted octanol–water partition coefficient (Wildman–Crippen LogP) is 1.30. The average molecular weight is 351 g/mol. The Balaban J connectivity index is 1.76. The van der Waals surface area contributed by atoms with E-state index in [0.717, 1.165) is 32.5 Å². The van der Waals surface area contributed by atoms with Crippen molar-refractivity contribution in [2.75, 3.05) is 33.2 Å². The Labute approximate surface area is 143 Å². The number of nitrogens with zero attached hydrogens (tertiary/aromatic N) is 2. The fraction of sp³-hybridized carbons (Fsp3) is 0.588. The van der Waals surface area contributed by atoms with Crippen LogP contribution in [0.4, 0.5) is 0 Å². The predicted molar refractivity (Wildman–Crippen MR) is 92.4 cm³/mol. The highest BCUT2D eigenvalue weighted by Gasteiger charge is 2.36. The molecule has 0 radical (unpaired) electrons. The minimum Gasteiger partial charge on any atom is -0.355 e. The summed E-state index contributed by atoms with van der Waals surface area (Å²) in [5.74, 6) is -0.216. The third kappa shape index (κ3) is 3.48. The zero-order chi connectivity index (χ0) is 17.2. The average Bonchev–Trinajstić information content (AvgIpc) is 3.27. The number of nitrogens with one attached hydrogen (secondary N) is 1. The van der Waals surface area contributed by atoms with Gasteiger partial charge in [-0.3, -0.25) is 4.79 Å². The van der Waals surface area contributed by atoms with Crippen LogP contribution in [0.2, 0.25) is 0 Å². The Morgan fingerprint density at radius 3 is 2.42 bits per heavy atom. The second-order valence-corrected chi connectivity index (χ2v) is 8.41. The molecule has 0 aliphatic carbocycles. The molecule has 0 aromatic heterocycles. The van der Waals surface area contributed by atoms with E-state index in [-0.39, 0.29) is 16.8 Å². The van der Waals surface area contributed by atoms with E-state index >= 15 is 0 Å². The summed E-state index contributed by atoms with van der Waals surface area (Å²) in [4.78, 5) is 14.2. The van der Waals surface area contributed by atoms with E-state index in [1.807, 2.05) is 0 Å². The van der Waals surface area contributed by atoms with Crippen molar-refractivity contribution < 1.29 is 13.2 Å². The number of rotatable bonds is 5. The SMILES string of the molecule is CNC(=O)c1ccc(S(=O)(=O)N2CCCC2CN2CCCC2)cc1. The summed E-state index contributed by atoms with van der Waals surface area (Å²) in [6.45, 7) is 3.56. The maximum Gasteiger partial charge on any atom is 0.251 e. The van der Waals surface area contributed by atoms with Gasteiger partial charge in [-0.25, -0.2) is 8.42 Å². The van der Waals surface area contributed by atoms with Crippen molar-refractivity contribution in [2.45, 2.75) is 36.6 Å². The van der Waals surface area contributed by atoms with Gasteiger partial charge < -0.3 is 10.2 Å². The molecular weight excluding hydrogens is 326 g/mol. The summed E-state index contributed by atoms with van der Waals surface area (Å²) in [5.41, 5.74) is 0.464. The first-order valence-corrected chi connectivity index (χ1v) is 10.0. The Hall–Kier alpha value is -1.44. The van der Waals surface area contributed by atoms with Crippen LogP contribution in [0, 0.1) is 0 Å². The lowest BCUT2D eigenvalue weighted by atomic mass is 10.2. The van der Waals surface area contributed by atoms with Gasteiger partial charge in [-0.2, -0.15) is 4.31 Å². The maximum atomic E-state index is 13.0. The number of benzene rings is 1. The molecule has 1 aromatic carbocycles. The molecule has 6 nitrogen and oxygen atoms in total. The molecule has 0 spiro atoms. The van der Waals surface area contributed by atoms with Crippen LogP contribution in [0.25, 0.3) is 0 Å². The van der Waals surface area contributed by atoms with E-state index in [1.165, 1.54) is 25.0 Å². The van der Waals surface area contributed by atoms with Crippen molar-refractivity contribution in [2.24, 2.45) is 0 Å². The molecule has 0 bridgehead atoms. The maximum absolute atomic E-state index is 13.0. The van der Waals surface area contributed by atoms with Crippen LogP contribution in [-0.2, 0) is 10.0 Å². The van der Waals surface area contributed by atoms with Crippen molar-refractivity contribution in [1.29, 1.82) is 0 Å². The zero-order valence-electron chi connectivity index (χ0n) is 14.1. The molecule has 24 heavy (non-hydrogen) atoms. The van der Waals surface area contributed by atoms with Gasteiger partial charge in [-0.1, -0.05) is 0 Å². The number of hydrogen-bond donors (Lipinski definition) is 1. The minimum atomic E-state index is -3.50. The van der Waals surface area contributed by atoms with E-state index in [4.69, 9.17) is 0 Å². The number of carbonyl (C=O) groups is 1. The van der Waals surface area contributed by atoms with Gasteiger partial charge in [0.15, 0.2) is 0 Å². The summed E-state index contributed by atoms with van der Waals surface area (Å²) in [6.07, 6.45) is 4.25. The van der Waals surface area contributed by atoms with Gasteiger partial charge in [-0.05, 0) is 63.0 Å². The molecule has 1 atom stereocenters. The second kappa shape index (κ2) is 7.21. The van der Waals surface area contributed by atoms with Gasteiger partial charge in [0.2, 0.25) is 10.0 Å². The fourth-order valence-electron chi connectivity index (χ4n) is 3.63. The van der Waals surface area contributed by atoms with Crippen LogP contribution in [0.15, 0.2) is 29.2 Å². The molecule has 2 heterocycles. The van der Waals surface area contributed by atoms with Gasteiger partial charge in [0.05, 0.1) is 4.90 Å². The van der Waals surface area contributed by atoms with Gasteiger partial charge in [0.1, 0.15) is 0 Å². The van der Waals surface area contributed by atoms with Crippen molar-refractivity contribution in [3.05, 3.63) is 29.8 Å². The Morgan fingerprint density at radius 2 is 1.79 bits per heavy atom. The van der Waals surface area contributed by atoms with Crippen LogP contribution >= 0.6 is 0 Å². The van der Waals surface area contributed by atoms with Crippen LogP contribution in [-0.4, -0.2) is 62.8 Å². The van der Waals surface area contributed by atoms with Gasteiger partial charge in [-0.15, -0.1) is 0 Å². The van der Waals surface area contributed by atoms with E-state index in [1.54, 1.807) is 23.5 Å². The highest BCUT2D eigenvalue weighted by Crippen LogP contribution is 2.27. The van der Waals surface area contributed by atoms with E-state index in [9.17, 15) is 13.2 Å². The summed E-state index contributed by atoms with van der Waals surface area (Å²) >= 11 is 0. The number of amides is 1. The monoisotopic (exact) mass is 351 g/mol. The molecule has 3 rings (SSSR count). The number of sulfonamides is 1. The standard InChI is InChI=1S/C17H25N3O3S/c1-18-17(21)14-6-8-16(9-7-14)24(22,23)20-12-4-5-15(20)13-19-10-2-3-11-19/h6-9,15H,2-5,10-13H2,1H3,(H,18,21). The first-order chi connectivity index (χ1) is 11.5. The van der Waals surface area contributed by atoms with E-state index in [2.05, 4.69) is 10.2 Å². The number of hydrogen-bond acceptors (Lipinski definition) is 4. The lowest BCUT2D eigenvalue weighted by Gasteiger charge is -2.27. The van der Waals surface area contributed by atoms with E-state index < -0.39 is 10.0 Å². The van der Waals surface area contributed by atoms with E-state index in [0.29, 0.717) is 12.1 Å². The highest BCUT2D eigenvalue weighted by molar-refractivity contribution is 7.89. The molecule has 2 aliphatic heterocycles. The van der Waals surface area contributed by atoms with Crippen LogP contribution < -0.4 is 5.32 Å². The van der Waals surface area contributed by atoms with Gasteiger partial charge in [0.25, 0.3) is 5.91 Å². The summed E-state index contributed by atoms with van der Waals surface area (Å²) < 4.78 is 27.6. The fourth-order valence-corrected chi connectivity index (χ4v) is 5.31. The molecule has 2 saturated heterocycles. The lowest BCUT2D eigenvalue weighted by molar-refractivity contribution is 0.0963. The van der Waals surface area contributed by atoms with Crippen molar-refractivity contribution in [3.63, 3.8) is 0 Å². The lowest BCUT2D eigenvalue weighted by Crippen LogP contribution is -2.42. The molecule has 0 saturated carbocycles. The number of likely N-dealkylation sites (tertiary alicyclic amines) is 1. The Morgan fingerprint density at radius 1 is 1.12 bits per heavy atom. The molecule has 7 heteroatoms. The molecule has 1 unspecified atom stereocenters. The van der Waals surface area contributed by atoms with Crippen molar-refractivity contribution >= 4 is 15.9 Å².